The maximum atomic E-state index is 11.1. The first-order valence-corrected chi connectivity index (χ1v) is 4.48. The second-order valence-electron chi connectivity index (χ2n) is 3.31. The summed E-state index contributed by atoms with van der Waals surface area (Å²) in [5, 5.41) is 14.1. The molecule has 0 radical (unpaired) electrons. The van der Waals surface area contributed by atoms with E-state index >= 15 is 0 Å². The van der Waals surface area contributed by atoms with E-state index in [1.807, 2.05) is 0 Å². The predicted molar refractivity (Wildman–Crippen MR) is 48.4 cm³/mol. The highest BCUT2D eigenvalue weighted by atomic mass is 16.4. The Bertz CT molecular complexity index is 215. The quantitative estimate of drug-likeness (QED) is 0.248. The van der Waals surface area contributed by atoms with E-state index in [1.54, 1.807) is 0 Å². The monoisotopic (exact) mass is 185 g/mol. The molecule has 1 saturated heterocycles. The van der Waals surface area contributed by atoms with Gasteiger partial charge in [0.25, 0.3) is 0 Å². The number of amidine groups is 1. The van der Waals surface area contributed by atoms with Gasteiger partial charge in [0.1, 0.15) is 5.84 Å². The summed E-state index contributed by atoms with van der Waals surface area (Å²) in [5.74, 6) is 0.237. The van der Waals surface area contributed by atoms with Crippen LogP contribution in [0.2, 0.25) is 0 Å². The molecule has 0 unspecified atom stereocenters. The molecule has 0 saturated carbocycles. The van der Waals surface area contributed by atoms with Crippen LogP contribution in [0.15, 0.2) is 5.16 Å². The van der Waals surface area contributed by atoms with Crippen molar-refractivity contribution >= 4 is 11.7 Å². The van der Waals surface area contributed by atoms with E-state index in [0.717, 1.165) is 19.3 Å². The highest BCUT2D eigenvalue weighted by Crippen LogP contribution is 2.11. The minimum atomic E-state index is 0.0332. The van der Waals surface area contributed by atoms with Crippen molar-refractivity contribution in [2.45, 2.75) is 38.1 Å². The summed E-state index contributed by atoms with van der Waals surface area (Å²) in [6.45, 7) is 0. The number of rotatable bonds is 2. The average Bonchev–Trinajstić information content (AvgIpc) is 2.30. The summed E-state index contributed by atoms with van der Waals surface area (Å²) in [7, 11) is 0. The van der Waals surface area contributed by atoms with Gasteiger partial charge in [0.05, 0.1) is 0 Å². The molecule has 74 valence electrons. The van der Waals surface area contributed by atoms with Gasteiger partial charge in [-0.1, -0.05) is 11.6 Å². The molecule has 1 aliphatic rings. The van der Waals surface area contributed by atoms with Crippen molar-refractivity contribution in [3.8, 4) is 0 Å². The zero-order valence-corrected chi connectivity index (χ0v) is 7.49. The van der Waals surface area contributed by atoms with E-state index in [2.05, 4.69) is 10.5 Å². The number of nitrogens with zero attached hydrogens (tertiary/aromatic N) is 1. The van der Waals surface area contributed by atoms with E-state index in [9.17, 15) is 4.79 Å². The van der Waals surface area contributed by atoms with Crippen molar-refractivity contribution in [1.29, 1.82) is 0 Å². The molecule has 0 aromatic heterocycles. The van der Waals surface area contributed by atoms with Gasteiger partial charge in [-0.05, 0) is 12.8 Å². The molecule has 0 aromatic rings. The molecular weight excluding hydrogens is 170 g/mol. The normalized spacial score (nSPS) is 25.1. The van der Waals surface area contributed by atoms with E-state index < -0.39 is 0 Å². The van der Waals surface area contributed by atoms with Crippen molar-refractivity contribution in [1.82, 2.24) is 5.32 Å². The maximum absolute atomic E-state index is 11.1. The predicted octanol–water partition coefficient (Wildman–Crippen LogP) is 0.182. The Labute approximate surface area is 77.0 Å². The number of hydrogen-bond acceptors (Lipinski definition) is 3. The van der Waals surface area contributed by atoms with Crippen molar-refractivity contribution in [3.05, 3.63) is 0 Å². The van der Waals surface area contributed by atoms with Crippen LogP contribution in [0, 0.1) is 0 Å². The van der Waals surface area contributed by atoms with Gasteiger partial charge in [-0.15, -0.1) is 0 Å². The molecule has 0 aromatic carbocycles. The smallest absolute Gasteiger partial charge is 0.220 e. The minimum Gasteiger partial charge on any atom is -0.409 e. The van der Waals surface area contributed by atoms with Crippen LogP contribution in [0.4, 0.5) is 0 Å². The SMILES string of the molecule is N/C(C[C@H]1CCCCC(=O)N1)=N\O. The van der Waals surface area contributed by atoms with E-state index in [-0.39, 0.29) is 17.8 Å². The summed E-state index contributed by atoms with van der Waals surface area (Å²) in [6, 6.07) is 0.0332. The highest BCUT2D eigenvalue weighted by molar-refractivity contribution is 5.82. The Balaban J connectivity index is 2.43. The third-order valence-electron chi connectivity index (χ3n) is 2.16. The summed E-state index contributed by atoms with van der Waals surface area (Å²) in [4.78, 5) is 11.1. The molecule has 1 fully saturated rings. The summed E-state index contributed by atoms with van der Waals surface area (Å²) in [6.07, 6.45) is 3.87. The van der Waals surface area contributed by atoms with Crippen molar-refractivity contribution in [3.63, 3.8) is 0 Å². The van der Waals surface area contributed by atoms with E-state index in [0.29, 0.717) is 12.8 Å². The molecule has 4 N–H and O–H groups in total. The number of amides is 1. The molecule has 1 atom stereocenters. The number of nitrogens with one attached hydrogen (secondary N) is 1. The fourth-order valence-corrected chi connectivity index (χ4v) is 1.49. The number of carbonyl (C=O) groups excluding carboxylic acids is 1. The number of oxime groups is 1. The Morgan fingerprint density at radius 1 is 1.69 bits per heavy atom. The van der Waals surface area contributed by atoms with Crippen LogP contribution < -0.4 is 11.1 Å². The Hall–Kier alpha value is -1.26. The molecular formula is C8H15N3O2. The molecule has 0 bridgehead atoms. The van der Waals surface area contributed by atoms with Gasteiger partial charge in [0.2, 0.25) is 5.91 Å². The van der Waals surface area contributed by atoms with Gasteiger partial charge in [-0.25, -0.2) is 0 Å². The number of nitrogens with two attached hydrogens (primary N) is 1. The van der Waals surface area contributed by atoms with Gasteiger partial charge in [-0.3, -0.25) is 4.79 Å². The van der Waals surface area contributed by atoms with Crippen molar-refractivity contribution in [2.75, 3.05) is 0 Å². The molecule has 0 spiro atoms. The maximum Gasteiger partial charge on any atom is 0.220 e. The molecule has 0 aliphatic carbocycles. The lowest BCUT2D eigenvalue weighted by atomic mass is 10.1. The minimum absolute atomic E-state index is 0.0332. The van der Waals surface area contributed by atoms with Gasteiger partial charge < -0.3 is 16.3 Å². The van der Waals surface area contributed by atoms with E-state index in [1.165, 1.54) is 0 Å². The molecule has 13 heavy (non-hydrogen) atoms. The van der Waals surface area contributed by atoms with Crippen LogP contribution in [0.5, 0.6) is 0 Å². The van der Waals surface area contributed by atoms with Crippen LogP contribution in [-0.4, -0.2) is 23.0 Å². The van der Waals surface area contributed by atoms with Crippen molar-refractivity contribution < 1.29 is 10.0 Å². The molecule has 1 heterocycles. The topological polar surface area (TPSA) is 87.7 Å². The molecule has 5 nitrogen and oxygen atoms in total. The molecule has 1 amide bonds. The van der Waals surface area contributed by atoms with Gasteiger partial charge in [-0.2, -0.15) is 0 Å². The molecule has 1 aliphatic heterocycles. The summed E-state index contributed by atoms with van der Waals surface area (Å²) in [5.41, 5.74) is 5.35. The lowest BCUT2D eigenvalue weighted by molar-refractivity contribution is -0.121. The first kappa shape index (κ1) is 9.83. The standard InChI is InChI=1S/C8H15N3O2/c9-7(11-13)5-6-3-1-2-4-8(12)10-6/h6,13H,1-5H2,(H2,9,11)(H,10,12)/t6-/m1/s1. The largest absolute Gasteiger partial charge is 0.409 e. The average molecular weight is 185 g/mol. The Morgan fingerprint density at radius 2 is 2.46 bits per heavy atom. The number of carbonyl (C=O) groups is 1. The lowest BCUT2D eigenvalue weighted by Gasteiger charge is -2.14. The van der Waals surface area contributed by atoms with Crippen LogP contribution in [-0.2, 0) is 4.79 Å². The first-order valence-electron chi connectivity index (χ1n) is 4.48. The third-order valence-corrected chi connectivity index (χ3v) is 2.16. The Kier molecular flexibility index (Phi) is 3.54. The molecule has 1 rings (SSSR count). The Morgan fingerprint density at radius 3 is 3.15 bits per heavy atom. The zero-order valence-electron chi connectivity index (χ0n) is 7.49. The fourth-order valence-electron chi connectivity index (χ4n) is 1.49. The lowest BCUT2D eigenvalue weighted by Crippen LogP contribution is -2.36. The summed E-state index contributed by atoms with van der Waals surface area (Å²) >= 11 is 0. The van der Waals surface area contributed by atoms with Crippen LogP contribution in [0.3, 0.4) is 0 Å². The summed E-state index contributed by atoms with van der Waals surface area (Å²) < 4.78 is 0. The van der Waals surface area contributed by atoms with Crippen LogP contribution in [0.25, 0.3) is 0 Å². The van der Waals surface area contributed by atoms with Crippen molar-refractivity contribution in [2.24, 2.45) is 10.9 Å². The zero-order chi connectivity index (χ0) is 9.68. The molecule has 5 heteroatoms. The number of hydrogen-bond donors (Lipinski definition) is 3. The van der Waals surface area contributed by atoms with E-state index in [4.69, 9.17) is 10.9 Å². The third kappa shape index (κ3) is 3.31. The fraction of sp³-hybridized carbons (Fsp3) is 0.750. The van der Waals surface area contributed by atoms with Gasteiger partial charge in [0, 0.05) is 18.9 Å². The van der Waals surface area contributed by atoms with Crippen LogP contribution in [0.1, 0.15) is 32.1 Å². The van der Waals surface area contributed by atoms with Crippen LogP contribution >= 0.6 is 0 Å². The van der Waals surface area contributed by atoms with Gasteiger partial charge in [0.15, 0.2) is 0 Å². The second-order valence-corrected chi connectivity index (χ2v) is 3.31. The highest BCUT2D eigenvalue weighted by Gasteiger charge is 2.17. The first-order chi connectivity index (χ1) is 6.22. The van der Waals surface area contributed by atoms with Gasteiger partial charge >= 0.3 is 0 Å². The second kappa shape index (κ2) is 4.69.